The summed E-state index contributed by atoms with van der Waals surface area (Å²) < 4.78 is 49.6. The lowest BCUT2D eigenvalue weighted by molar-refractivity contribution is -0.212. The third-order valence-corrected chi connectivity index (χ3v) is 7.78. The van der Waals surface area contributed by atoms with Crippen molar-refractivity contribution >= 4 is 39.5 Å². The minimum absolute atomic E-state index is 0.0231. The van der Waals surface area contributed by atoms with Crippen molar-refractivity contribution in [3.05, 3.63) is 36.0 Å². The molecule has 0 radical (unpaired) electrons. The van der Waals surface area contributed by atoms with Gasteiger partial charge >= 0.3 is 17.9 Å². The van der Waals surface area contributed by atoms with E-state index in [9.17, 15) is 22.8 Å². The molecule has 2 heterocycles. The summed E-state index contributed by atoms with van der Waals surface area (Å²) in [6.45, 7) is 5.16. The summed E-state index contributed by atoms with van der Waals surface area (Å²) in [6.07, 6.45) is -0.285. The maximum atomic E-state index is 13.1. The van der Waals surface area contributed by atoms with Crippen molar-refractivity contribution in [3.63, 3.8) is 0 Å². The van der Waals surface area contributed by atoms with E-state index in [1.807, 2.05) is 6.92 Å². The summed E-state index contributed by atoms with van der Waals surface area (Å²) in [7, 11) is -4.02. The van der Waals surface area contributed by atoms with Gasteiger partial charge < -0.3 is 18.9 Å². The Morgan fingerprint density at radius 1 is 1.03 bits per heavy atom. The van der Waals surface area contributed by atoms with Crippen LogP contribution in [0.1, 0.15) is 32.4 Å². The molecule has 0 N–H and O–H groups in total. The summed E-state index contributed by atoms with van der Waals surface area (Å²) in [5, 5.41) is 7.50. The van der Waals surface area contributed by atoms with Gasteiger partial charge in [-0.1, -0.05) is 22.9 Å². The number of aromatic nitrogens is 3. The highest BCUT2D eigenvalue weighted by atomic mass is 32.2. The second kappa shape index (κ2) is 11.4. The standard InChI is InChI=1S/C22H27N3O9S2/c1-12-6-8-16(9-7-12)36(29,30)18-10-25(24-23-18)19-20(32-14(3)27)17(11-31-13(2)26)34-22(35-5)21(19)33-15(4)28/h6-10,17,19-22H,11H2,1-5H3/t17-,19+,20+,21-,22+/m1/s1. The Balaban J connectivity index is 2.08. The maximum absolute atomic E-state index is 13.1. The molecule has 14 heteroatoms. The van der Waals surface area contributed by atoms with Crippen LogP contribution in [0.4, 0.5) is 0 Å². The summed E-state index contributed by atoms with van der Waals surface area (Å²) >= 11 is 1.20. The van der Waals surface area contributed by atoms with Gasteiger partial charge in [0.2, 0.25) is 14.9 Å². The molecule has 3 rings (SSSR count). The molecule has 5 atom stereocenters. The molecular weight excluding hydrogens is 514 g/mol. The fourth-order valence-electron chi connectivity index (χ4n) is 3.74. The molecule has 1 aromatic heterocycles. The molecule has 1 aromatic carbocycles. The Bertz CT molecular complexity index is 1210. The van der Waals surface area contributed by atoms with Crippen molar-refractivity contribution in [1.29, 1.82) is 0 Å². The lowest BCUT2D eigenvalue weighted by Gasteiger charge is -2.44. The zero-order valence-corrected chi connectivity index (χ0v) is 21.9. The largest absolute Gasteiger partial charge is 0.463 e. The molecule has 1 fully saturated rings. The number of thioether (sulfide) groups is 1. The van der Waals surface area contributed by atoms with Crippen LogP contribution >= 0.6 is 11.8 Å². The Morgan fingerprint density at radius 2 is 1.64 bits per heavy atom. The van der Waals surface area contributed by atoms with E-state index in [1.54, 1.807) is 18.4 Å². The van der Waals surface area contributed by atoms with Crippen LogP contribution in [0.3, 0.4) is 0 Å². The topological polar surface area (TPSA) is 153 Å². The van der Waals surface area contributed by atoms with Crippen molar-refractivity contribution in [3.8, 4) is 0 Å². The first-order valence-corrected chi connectivity index (χ1v) is 13.6. The second-order valence-corrected chi connectivity index (χ2v) is 10.9. The van der Waals surface area contributed by atoms with Crippen LogP contribution in [-0.4, -0.2) is 77.9 Å². The number of sulfone groups is 1. The Kier molecular flexibility index (Phi) is 8.74. The van der Waals surface area contributed by atoms with E-state index >= 15 is 0 Å². The van der Waals surface area contributed by atoms with Gasteiger partial charge in [-0.2, -0.15) is 0 Å². The molecule has 0 bridgehead atoms. The SMILES string of the molecule is CS[C@@H]1O[C@H](COC(C)=O)[C@H](OC(C)=O)[C@H](n2cc(S(=O)(=O)c3ccc(C)cc3)nn2)[C@H]1OC(C)=O. The molecule has 1 aliphatic heterocycles. The van der Waals surface area contributed by atoms with Gasteiger partial charge in [-0.3, -0.25) is 14.4 Å². The summed E-state index contributed by atoms with van der Waals surface area (Å²) in [6, 6.07) is 5.19. The van der Waals surface area contributed by atoms with E-state index in [1.165, 1.54) is 55.5 Å². The van der Waals surface area contributed by atoms with E-state index < -0.39 is 57.5 Å². The Morgan fingerprint density at radius 3 is 2.19 bits per heavy atom. The van der Waals surface area contributed by atoms with Crippen LogP contribution in [-0.2, 0) is 43.2 Å². The molecule has 1 aliphatic rings. The fourth-order valence-corrected chi connectivity index (χ4v) is 5.61. The van der Waals surface area contributed by atoms with Crippen molar-refractivity contribution in [1.82, 2.24) is 15.0 Å². The van der Waals surface area contributed by atoms with Gasteiger partial charge in [-0.25, -0.2) is 13.1 Å². The third kappa shape index (κ3) is 6.23. The van der Waals surface area contributed by atoms with Crippen LogP contribution in [0.25, 0.3) is 0 Å². The highest BCUT2D eigenvalue weighted by molar-refractivity contribution is 7.99. The number of rotatable bonds is 8. The smallest absolute Gasteiger partial charge is 0.303 e. The van der Waals surface area contributed by atoms with E-state index in [0.29, 0.717) is 0 Å². The summed E-state index contributed by atoms with van der Waals surface area (Å²) in [5.74, 6) is -1.90. The van der Waals surface area contributed by atoms with Gasteiger partial charge in [-0.05, 0) is 25.3 Å². The first kappa shape index (κ1) is 27.6. The number of benzene rings is 1. The van der Waals surface area contributed by atoms with Gasteiger partial charge in [-0.15, -0.1) is 16.9 Å². The van der Waals surface area contributed by atoms with Crippen LogP contribution in [0.5, 0.6) is 0 Å². The minimum Gasteiger partial charge on any atom is -0.463 e. The minimum atomic E-state index is -4.02. The molecule has 0 saturated carbocycles. The predicted octanol–water partition coefficient (Wildman–Crippen LogP) is 1.47. The van der Waals surface area contributed by atoms with E-state index in [2.05, 4.69) is 10.3 Å². The van der Waals surface area contributed by atoms with Gasteiger partial charge in [0.05, 0.1) is 11.1 Å². The molecule has 12 nitrogen and oxygen atoms in total. The normalized spacial score (nSPS) is 24.1. The number of hydrogen-bond donors (Lipinski definition) is 0. The molecule has 0 spiro atoms. The highest BCUT2D eigenvalue weighted by Crippen LogP contribution is 2.38. The molecule has 2 aromatic rings. The highest BCUT2D eigenvalue weighted by Gasteiger charge is 2.51. The van der Waals surface area contributed by atoms with Gasteiger partial charge in [0.15, 0.2) is 12.2 Å². The quantitative estimate of drug-likeness (QED) is 0.351. The number of ether oxygens (including phenoxy) is 4. The zero-order valence-electron chi connectivity index (χ0n) is 20.3. The second-order valence-electron chi connectivity index (χ2n) is 8.07. The Hall–Kier alpha value is -2.97. The first-order chi connectivity index (χ1) is 16.9. The number of aryl methyl sites for hydroxylation is 1. The average Bonchev–Trinajstić information content (AvgIpc) is 3.29. The average molecular weight is 542 g/mol. The van der Waals surface area contributed by atoms with Crippen molar-refractivity contribution in [2.24, 2.45) is 0 Å². The van der Waals surface area contributed by atoms with Crippen molar-refractivity contribution < 1.29 is 41.7 Å². The molecule has 36 heavy (non-hydrogen) atoms. The van der Waals surface area contributed by atoms with E-state index in [-0.39, 0.29) is 16.5 Å². The molecule has 0 unspecified atom stereocenters. The number of carbonyl (C=O) groups excluding carboxylic acids is 3. The van der Waals surface area contributed by atoms with Crippen LogP contribution < -0.4 is 0 Å². The summed E-state index contributed by atoms with van der Waals surface area (Å²) in [5.41, 5.74) is 0.0998. The lowest BCUT2D eigenvalue weighted by Crippen LogP contribution is -2.57. The molecule has 1 saturated heterocycles. The zero-order chi connectivity index (χ0) is 26.6. The molecule has 196 valence electrons. The Labute approximate surface area is 212 Å². The van der Waals surface area contributed by atoms with Gasteiger partial charge in [0.25, 0.3) is 0 Å². The summed E-state index contributed by atoms with van der Waals surface area (Å²) in [4.78, 5) is 35.4. The molecule has 0 aliphatic carbocycles. The molecule has 0 amide bonds. The number of esters is 3. The van der Waals surface area contributed by atoms with Crippen molar-refractivity contribution in [2.45, 2.75) is 67.4 Å². The van der Waals surface area contributed by atoms with Gasteiger partial charge in [0, 0.05) is 20.8 Å². The first-order valence-electron chi connectivity index (χ1n) is 10.8. The number of hydrogen-bond acceptors (Lipinski definition) is 12. The molecular formula is C22H27N3O9S2. The number of carbonyl (C=O) groups is 3. The van der Waals surface area contributed by atoms with Crippen molar-refractivity contribution in [2.75, 3.05) is 12.9 Å². The lowest BCUT2D eigenvalue weighted by atomic mass is 9.96. The maximum Gasteiger partial charge on any atom is 0.303 e. The monoisotopic (exact) mass is 541 g/mol. The third-order valence-electron chi connectivity index (χ3n) is 5.31. The number of nitrogens with zero attached hydrogens (tertiary/aromatic N) is 3. The predicted molar refractivity (Wildman–Crippen MR) is 126 cm³/mol. The van der Waals surface area contributed by atoms with Gasteiger partial charge in [0.1, 0.15) is 24.2 Å². The van der Waals surface area contributed by atoms with Crippen LogP contribution in [0.15, 0.2) is 40.4 Å². The fraction of sp³-hybridized carbons (Fsp3) is 0.500. The van der Waals surface area contributed by atoms with E-state index in [4.69, 9.17) is 18.9 Å². The van der Waals surface area contributed by atoms with E-state index in [0.717, 1.165) is 5.56 Å². The van der Waals surface area contributed by atoms with Crippen LogP contribution in [0.2, 0.25) is 0 Å². The van der Waals surface area contributed by atoms with Crippen LogP contribution in [0, 0.1) is 6.92 Å².